The van der Waals surface area contributed by atoms with Gasteiger partial charge in [-0.25, -0.2) is 4.79 Å². The molecule has 0 rings (SSSR count). The van der Waals surface area contributed by atoms with E-state index in [1.54, 1.807) is 26.8 Å². The van der Waals surface area contributed by atoms with E-state index in [9.17, 15) is 14.9 Å². The summed E-state index contributed by atoms with van der Waals surface area (Å²) >= 11 is 0. The number of hydrogen-bond donors (Lipinski definition) is 0. The van der Waals surface area contributed by atoms with Gasteiger partial charge < -0.3 is 4.74 Å². The fourth-order valence-electron chi connectivity index (χ4n) is 1.61. The molecule has 5 nitrogen and oxygen atoms in total. The third kappa shape index (κ3) is 4.84. The molecule has 0 aliphatic carbocycles. The molecule has 0 amide bonds. The van der Waals surface area contributed by atoms with Gasteiger partial charge in [0.05, 0.1) is 12.0 Å². The van der Waals surface area contributed by atoms with Crippen LogP contribution in [-0.2, 0) is 9.53 Å². The molecule has 0 N–H and O–H groups in total. The molecule has 0 aromatic rings. The molecule has 0 saturated carbocycles. The molecular formula is C15H21NO4. The van der Waals surface area contributed by atoms with Gasteiger partial charge in [0.2, 0.25) is 0 Å². The molecule has 0 atom stereocenters. The molecule has 0 spiro atoms. The zero-order chi connectivity index (χ0) is 15.9. The number of nitro groups is 1. The molecular weight excluding hydrogens is 258 g/mol. The maximum absolute atomic E-state index is 11.6. The van der Waals surface area contributed by atoms with Crippen molar-refractivity contribution in [3.8, 4) is 0 Å². The molecule has 20 heavy (non-hydrogen) atoms. The molecule has 0 aliphatic rings. The minimum atomic E-state index is -0.480. The number of hydrogen-bond acceptors (Lipinski definition) is 4. The fraction of sp³-hybridized carbons (Fsp3) is 0.400. The summed E-state index contributed by atoms with van der Waals surface area (Å²) in [6.45, 7) is 10.6. The lowest BCUT2D eigenvalue weighted by Gasteiger charge is -2.08. The van der Waals surface area contributed by atoms with Gasteiger partial charge in [0.1, 0.15) is 0 Å². The summed E-state index contributed by atoms with van der Waals surface area (Å²) in [6, 6.07) is 0. The zero-order valence-electron chi connectivity index (χ0n) is 12.6. The molecule has 0 aromatic heterocycles. The highest BCUT2D eigenvalue weighted by atomic mass is 16.6. The first-order valence-electron chi connectivity index (χ1n) is 6.23. The van der Waals surface area contributed by atoms with Gasteiger partial charge in [-0.2, -0.15) is 0 Å². The Labute approximate surface area is 119 Å². The Kier molecular flexibility index (Phi) is 7.21. The van der Waals surface area contributed by atoms with Crippen molar-refractivity contribution in [2.75, 3.05) is 7.11 Å². The number of ether oxygens (including phenoxy) is 1. The summed E-state index contributed by atoms with van der Waals surface area (Å²) in [5.41, 5.74) is 2.43. The van der Waals surface area contributed by atoms with Crippen LogP contribution in [0.4, 0.5) is 0 Å². The second-order valence-electron chi connectivity index (χ2n) is 4.39. The predicted octanol–water partition coefficient (Wildman–Crippen LogP) is 3.57. The second kappa shape index (κ2) is 8.09. The lowest BCUT2D eigenvalue weighted by atomic mass is 10.00. The van der Waals surface area contributed by atoms with Crippen molar-refractivity contribution in [2.45, 2.75) is 34.1 Å². The smallest absolute Gasteiger partial charge is 0.333 e. The summed E-state index contributed by atoms with van der Waals surface area (Å²) in [5.74, 6) is -0.379. The van der Waals surface area contributed by atoms with Crippen LogP contribution in [0, 0.1) is 10.1 Å². The van der Waals surface area contributed by atoms with E-state index in [0.29, 0.717) is 17.6 Å². The summed E-state index contributed by atoms with van der Waals surface area (Å²) in [5, 5.41) is 10.8. The Morgan fingerprint density at radius 1 is 1.30 bits per heavy atom. The lowest BCUT2D eigenvalue weighted by molar-refractivity contribution is -0.420. The maximum Gasteiger partial charge on any atom is 0.333 e. The highest BCUT2D eigenvalue weighted by Gasteiger charge is 2.13. The number of carbonyl (C=O) groups excluding carboxylic acids is 1. The Balaban J connectivity index is 5.58. The van der Waals surface area contributed by atoms with Crippen LogP contribution < -0.4 is 0 Å². The van der Waals surface area contributed by atoms with E-state index in [0.717, 1.165) is 11.1 Å². The van der Waals surface area contributed by atoms with Crippen molar-refractivity contribution in [3.63, 3.8) is 0 Å². The van der Waals surface area contributed by atoms with E-state index in [2.05, 4.69) is 6.58 Å². The van der Waals surface area contributed by atoms with E-state index in [4.69, 9.17) is 4.74 Å². The third-order valence-electron chi connectivity index (χ3n) is 2.95. The Bertz CT molecular complexity index is 494. The van der Waals surface area contributed by atoms with Crippen molar-refractivity contribution in [1.82, 2.24) is 0 Å². The molecule has 110 valence electrons. The summed E-state index contributed by atoms with van der Waals surface area (Å²) in [6.07, 6.45) is 3.54. The standard InChI is InChI=1S/C15H21NO4/c1-7-13(15(17)20-6)12(5)11(4)8-9-14(10(2)3)16(18)19/h8-9H,2,7H2,1,3-6H3/b11-8+,13-12-,14-9+. The molecule has 0 aromatic carbocycles. The molecule has 0 fully saturated rings. The van der Waals surface area contributed by atoms with Gasteiger partial charge in [0.15, 0.2) is 0 Å². The predicted molar refractivity (Wildman–Crippen MR) is 78.7 cm³/mol. The van der Waals surface area contributed by atoms with E-state index in [-0.39, 0.29) is 11.7 Å². The topological polar surface area (TPSA) is 69.4 Å². The van der Waals surface area contributed by atoms with Crippen LogP contribution in [0.15, 0.2) is 46.7 Å². The number of esters is 1. The largest absolute Gasteiger partial charge is 0.466 e. The number of methoxy groups -OCH3 is 1. The van der Waals surface area contributed by atoms with Crippen LogP contribution in [0.25, 0.3) is 0 Å². The van der Waals surface area contributed by atoms with E-state index in [1.165, 1.54) is 13.2 Å². The molecule has 0 saturated heterocycles. The quantitative estimate of drug-likeness (QED) is 0.245. The molecule has 0 unspecified atom stereocenters. The summed E-state index contributed by atoms with van der Waals surface area (Å²) in [7, 11) is 1.33. The average Bonchev–Trinajstić information content (AvgIpc) is 2.38. The first kappa shape index (κ1) is 17.8. The van der Waals surface area contributed by atoms with Crippen LogP contribution in [0.2, 0.25) is 0 Å². The lowest BCUT2D eigenvalue weighted by Crippen LogP contribution is -2.07. The minimum Gasteiger partial charge on any atom is -0.466 e. The molecule has 0 heterocycles. The third-order valence-corrected chi connectivity index (χ3v) is 2.95. The molecule has 0 aliphatic heterocycles. The van der Waals surface area contributed by atoms with E-state index in [1.807, 2.05) is 6.92 Å². The van der Waals surface area contributed by atoms with Crippen LogP contribution in [-0.4, -0.2) is 18.0 Å². The van der Waals surface area contributed by atoms with Gasteiger partial charge in [-0.05, 0) is 38.3 Å². The van der Waals surface area contributed by atoms with Crippen molar-refractivity contribution in [1.29, 1.82) is 0 Å². The number of allylic oxidation sites excluding steroid dienone is 5. The van der Waals surface area contributed by atoms with Gasteiger partial charge in [0, 0.05) is 17.2 Å². The highest BCUT2D eigenvalue weighted by Crippen LogP contribution is 2.19. The SMILES string of the molecule is C=C(C)\C(=C/C=C(C)/C(C)=C(/CC)C(=O)OC)[N+](=O)[O-]. The molecule has 0 bridgehead atoms. The average molecular weight is 279 g/mol. The van der Waals surface area contributed by atoms with Crippen molar-refractivity contribution >= 4 is 5.97 Å². The highest BCUT2D eigenvalue weighted by molar-refractivity contribution is 5.90. The van der Waals surface area contributed by atoms with Crippen LogP contribution in [0.3, 0.4) is 0 Å². The minimum absolute atomic E-state index is 0.0479. The van der Waals surface area contributed by atoms with Gasteiger partial charge in [-0.15, -0.1) is 0 Å². The van der Waals surface area contributed by atoms with Gasteiger partial charge in [0.25, 0.3) is 5.70 Å². The zero-order valence-corrected chi connectivity index (χ0v) is 12.6. The van der Waals surface area contributed by atoms with E-state index >= 15 is 0 Å². The number of nitrogens with zero attached hydrogens (tertiary/aromatic N) is 1. The summed E-state index contributed by atoms with van der Waals surface area (Å²) in [4.78, 5) is 21.9. The summed E-state index contributed by atoms with van der Waals surface area (Å²) < 4.78 is 4.71. The first-order chi connectivity index (χ1) is 9.26. The monoisotopic (exact) mass is 279 g/mol. The van der Waals surface area contributed by atoms with Crippen molar-refractivity contribution < 1.29 is 14.5 Å². The molecule has 5 heteroatoms. The van der Waals surface area contributed by atoms with E-state index < -0.39 is 4.92 Å². The Morgan fingerprint density at radius 2 is 1.85 bits per heavy atom. The Morgan fingerprint density at radius 3 is 2.20 bits per heavy atom. The van der Waals surface area contributed by atoms with Gasteiger partial charge in [-0.3, -0.25) is 10.1 Å². The van der Waals surface area contributed by atoms with Crippen LogP contribution in [0.1, 0.15) is 34.1 Å². The van der Waals surface area contributed by atoms with Crippen LogP contribution >= 0.6 is 0 Å². The fourth-order valence-corrected chi connectivity index (χ4v) is 1.61. The van der Waals surface area contributed by atoms with Gasteiger partial charge in [-0.1, -0.05) is 19.6 Å². The van der Waals surface area contributed by atoms with Crippen LogP contribution in [0.5, 0.6) is 0 Å². The van der Waals surface area contributed by atoms with Gasteiger partial charge >= 0.3 is 5.97 Å². The number of carbonyl (C=O) groups is 1. The Hall–Kier alpha value is -2.17. The van der Waals surface area contributed by atoms with Crippen molar-refractivity contribution in [2.24, 2.45) is 0 Å². The molecule has 0 radical (unpaired) electrons. The maximum atomic E-state index is 11.6. The first-order valence-corrected chi connectivity index (χ1v) is 6.23. The van der Waals surface area contributed by atoms with Crippen molar-refractivity contribution in [3.05, 3.63) is 56.8 Å². The number of rotatable bonds is 6. The normalized spacial score (nSPS) is 13.7. The second-order valence-corrected chi connectivity index (χ2v) is 4.39.